The van der Waals surface area contributed by atoms with Crippen LogP contribution in [0.5, 0.6) is 11.5 Å². The summed E-state index contributed by atoms with van der Waals surface area (Å²) in [5.74, 6) is 0.644. The van der Waals surface area contributed by atoms with Crippen LogP contribution in [-0.4, -0.2) is 10.2 Å². The molecule has 3 aromatic carbocycles. The summed E-state index contributed by atoms with van der Waals surface area (Å²) in [4.78, 5) is 0. The Morgan fingerprint density at radius 2 is 0.792 bits per heavy atom. The average Bonchev–Trinajstić information content (AvgIpc) is 2.64. The molecule has 3 aromatic rings. The van der Waals surface area contributed by atoms with E-state index in [4.69, 9.17) is 20.7 Å². The molecule has 4 nitrogen and oxygen atoms in total. The molecule has 118 valence electrons. The second-order valence-electron chi connectivity index (χ2n) is 4.44. The number of benzene rings is 3. The fraction of sp³-hybridized carbons (Fsp3) is 0. The molecule has 4 heteroatoms. The minimum absolute atomic E-state index is 0.322. The fourth-order valence-corrected chi connectivity index (χ4v) is 1.53. The second kappa shape index (κ2) is 10.9. The molecule has 0 aromatic heterocycles. The molecule has 0 spiro atoms. The molecule has 0 atom stereocenters. The van der Waals surface area contributed by atoms with Crippen molar-refractivity contribution in [3.8, 4) is 23.6 Å². The van der Waals surface area contributed by atoms with Gasteiger partial charge in [0.1, 0.15) is 23.6 Å². The number of rotatable bonds is 0. The number of para-hydroxylation sites is 2. The van der Waals surface area contributed by atoms with Crippen molar-refractivity contribution < 1.29 is 10.2 Å². The van der Waals surface area contributed by atoms with Crippen LogP contribution >= 0.6 is 0 Å². The van der Waals surface area contributed by atoms with Gasteiger partial charge in [-0.15, -0.1) is 0 Å². The van der Waals surface area contributed by atoms with Gasteiger partial charge in [0, 0.05) is 0 Å². The fourth-order valence-electron chi connectivity index (χ4n) is 1.53. The number of hydrogen-bond acceptors (Lipinski definition) is 4. The van der Waals surface area contributed by atoms with Crippen molar-refractivity contribution in [1.29, 1.82) is 10.5 Å². The summed E-state index contributed by atoms with van der Waals surface area (Å²) in [5.41, 5.74) is 0.870. The molecule has 0 bridgehead atoms. The summed E-state index contributed by atoms with van der Waals surface area (Å²) in [6, 6.07) is 28.0. The van der Waals surface area contributed by atoms with Crippen LogP contribution < -0.4 is 0 Å². The minimum atomic E-state index is 0.322. The highest BCUT2D eigenvalue weighted by atomic mass is 16.3. The zero-order valence-corrected chi connectivity index (χ0v) is 12.9. The zero-order valence-electron chi connectivity index (χ0n) is 12.9. The van der Waals surface area contributed by atoms with Gasteiger partial charge in [-0.25, -0.2) is 0 Å². The van der Waals surface area contributed by atoms with E-state index >= 15 is 0 Å². The highest BCUT2D eigenvalue weighted by Gasteiger charge is 1.95. The Labute approximate surface area is 141 Å². The van der Waals surface area contributed by atoms with E-state index in [1.165, 1.54) is 0 Å². The van der Waals surface area contributed by atoms with Crippen LogP contribution in [-0.2, 0) is 0 Å². The van der Waals surface area contributed by atoms with Crippen LogP contribution in [0.3, 0.4) is 0 Å². The highest BCUT2D eigenvalue weighted by Crippen LogP contribution is 2.04. The first-order valence-electron chi connectivity index (χ1n) is 7.04. The summed E-state index contributed by atoms with van der Waals surface area (Å²) in [7, 11) is 0. The quantitative estimate of drug-likeness (QED) is 0.650. The maximum Gasteiger partial charge on any atom is 0.115 e. The van der Waals surface area contributed by atoms with Crippen LogP contribution in [0.15, 0.2) is 84.9 Å². The summed E-state index contributed by atoms with van der Waals surface area (Å²) in [5, 5.41) is 34.2. The highest BCUT2D eigenvalue weighted by molar-refractivity contribution is 5.44. The van der Waals surface area contributed by atoms with E-state index in [1.54, 1.807) is 72.8 Å². The molecule has 0 amide bonds. The Balaban J connectivity index is 0.000000185. The lowest BCUT2D eigenvalue weighted by molar-refractivity contribution is 0.475. The van der Waals surface area contributed by atoms with Gasteiger partial charge in [-0.2, -0.15) is 10.5 Å². The van der Waals surface area contributed by atoms with Crippen LogP contribution in [0.2, 0.25) is 0 Å². The zero-order chi connectivity index (χ0) is 17.6. The molecular formula is C20H16N2O2. The first-order valence-corrected chi connectivity index (χ1v) is 7.04. The lowest BCUT2D eigenvalue weighted by Crippen LogP contribution is -1.79. The molecule has 24 heavy (non-hydrogen) atoms. The Kier molecular flexibility index (Phi) is 8.30. The lowest BCUT2D eigenvalue weighted by atomic mass is 10.1. The molecular weight excluding hydrogens is 300 g/mol. The molecule has 0 aliphatic carbocycles. The topological polar surface area (TPSA) is 88.0 Å². The molecule has 0 fully saturated rings. The molecule has 0 unspecified atom stereocenters. The van der Waals surface area contributed by atoms with E-state index in [0.29, 0.717) is 22.6 Å². The molecule has 0 aliphatic heterocycles. The van der Waals surface area contributed by atoms with Gasteiger partial charge in [0.25, 0.3) is 0 Å². The third kappa shape index (κ3) is 7.31. The molecule has 0 saturated carbocycles. The summed E-state index contributed by atoms with van der Waals surface area (Å²) in [6.07, 6.45) is 0. The van der Waals surface area contributed by atoms with E-state index in [9.17, 15) is 0 Å². The van der Waals surface area contributed by atoms with Gasteiger partial charge < -0.3 is 10.2 Å². The number of hydrogen-bond donors (Lipinski definition) is 2. The average molecular weight is 316 g/mol. The first kappa shape index (κ1) is 18.3. The van der Waals surface area contributed by atoms with Crippen LogP contribution in [0.1, 0.15) is 11.1 Å². The van der Waals surface area contributed by atoms with Crippen LogP contribution in [0.4, 0.5) is 0 Å². The van der Waals surface area contributed by atoms with Crippen LogP contribution in [0, 0.1) is 22.7 Å². The maximum absolute atomic E-state index is 8.63. The van der Waals surface area contributed by atoms with E-state index in [1.807, 2.05) is 24.3 Å². The molecule has 0 saturated heterocycles. The largest absolute Gasteiger partial charge is 0.508 e. The van der Waals surface area contributed by atoms with E-state index in [-0.39, 0.29) is 0 Å². The molecule has 0 aliphatic rings. The third-order valence-corrected chi connectivity index (χ3v) is 2.68. The monoisotopic (exact) mass is 316 g/mol. The smallest absolute Gasteiger partial charge is 0.115 e. The van der Waals surface area contributed by atoms with Crippen molar-refractivity contribution >= 4 is 0 Å². The molecule has 3 rings (SSSR count). The van der Waals surface area contributed by atoms with Crippen molar-refractivity contribution in [1.82, 2.24) is 0 Å². The van der Waals surface area contributed by atoms with Crippen LogP contribution in [0.25, 0.3) is 0 Å². The SMILES string of the molecule is N#Cc1ccccc1C#N.Oc1ccccc1.Oc1ccccc1. The number of aromatic hydroxyl groups is 2. The first-order chi connectivity index (χ1) is 11.7. The number of nitriles is 2. The summed E-state index contributed by atoms with van der Waals surface area (Å²) < 4.78 is 0. The number of phenols is 2. The Bertz CT molecular complexity index is 734. The van der Waals surface area contributed by atoms with Crippen molar-refractivity contribution in [3.05, 3.63) is 96.1 Å². The molecule has 0 radical (unpaired) electrons. The molecule has 2 N–H and O–H groups in total. The standard InChI is InChI=1S/C8H4N2.2C6H6O/c9-5-7-3-1-2-4-8(7)6-10;2*7-6-4-2-1-3-5-6/h1-4H;2*1-5,7H. The van der Waals surface area contributed by atoms with Crippen molar-refractivity contribution in [2.45, 2.75) is 0 Å². The summed E-state index contributed by atoms with van der Waals surface area (Å²) >= 11 is 0. The Morgan fingerprint density at radius 3 is 1.00 bits per heavy atom. The third-order valence-electron chi connectivity index (χ3n) is 2.68. The van der Waals surface area contributed by atoms with Crippen molar-refractivity contribution in [2.75, 3.05) is 0 Å². The second-order valence-corrected chi connectivity index (χ2v) is 4.44. The van der Waals surface area contributed by atoms with Gasteiger partial charge in [0.2, 0.25) is 0 Å². The lowest BCUT2D eigenvalue weighted by Gasteiger charge is -1.88. The van der Waals surface area contributed by atoms with Gasteiger partial charge in [-0.05, 0) is 36.4 Å². The number of phenolic OH excluding ortho intramolecular Hbond substituents is 2. The maximum atomic E-state index is 8.63. The number of nitrogens with zero attached hydrogens (tertiary/aromatic N) is 2. The minimum Gasteiger partial charge on any atom is -0.508 e. The van der Waals surface area contributed by atoms with Gasteiger partial charge in [0.15, 0.2) is 0 Å². The predicted molar refractivity (Wildman–Crippen MR) is 92.1 cm³/mol. The van der Waals surface area contributed by atoms with Crippen molar-refractivity contribution in [3.63, 3.8) is 0 Å². The van der Waals surface area contributed by atoms with Crippen molar-refractivity contribution in [2.24, 2.45) is 0 Å². The van der Waals surface area contributed by atoms with E-state index < -0.39 is 0 Å². The Morgan fingerprint density at radius 1 is 0.500 bits per heavy atom. The summed E-state index contributed by atoms with van der Waals surface area (Å²) in [6.45, 7) is 0. The van der Waals surface area contributed by atoms with Gasteiger partial charge in [-0.1, -0.05) is 48.5 Å². The van der Waals surface area contributed by atoms with Gasteiger partial charge in [-0.3, -0.25) is 0 Å². The molecule has 0 heterocycles. The van der Waals surface area contributed by atoms with E-state index in [2.05, 4.69) is 0 Å². The Hall–Kier alpha value is -3.76. The van der Waals surface area contributed by atoms with Gasteiger partial charge in [0.05, 0.1) is 11.1 Å². The normalized spacial score (nSPS) is 8.25. The van der Waals surface area contributed by atoms with E-state index in [0.717, 1.165) is 0 Å². The van der Waals surface area contributed by atoms with Gasteiger partial charge >= 0.3 is 0 Å². The predicted octanol–water partition coefficient (Wildman–Crippen LogP) is 4.21.